The lowest BCUT2D eigenvalue weighted by molar-refractivity contribution is 0.0930. The molecule has 1 aliphatic heterocycles. The molecule has 6 heteroatoms. The lowest BCUT2D eigenvalue weighted by atomic mass is 10.1. The van der Waals surface area contributed by atoms with Crippen molar-refractivity contribution >= 4 is 15.9 Å². The van der Waals surface area contributed by atoms with Crippen molar-refractivity contribution in [2.75, 3.05) is 13.1 Å². The third kappa shape index (κ3) is 3.67. The van der Waals surface area contributed by atoms with Crippen LogP contribution in [0.3, 0.4) is 0 Å². The maximum atomic E-state index is 12.5. The second-order valence-electron chi connectivity index (χ2n) is 6.15. The Hall–Kier alpha value is -1.40. The zero-order valence-electron chi connectivity index (χ0n) is 13.4. The lowest BCUT2D eigenvalue weighted by Crippen LogP contribution is -2.36. The molecular formula is C16H24N2O3S. The molecule has 22 heavy (non-hydrogen) atoms. The van der Waals surface area contributed by atoms with Crippen LogP contribution in [0.25, 0.3) is 0 Å². The summed E-state index contributed by atoms with van der Waals surface area (Å²) in [7, 11) is -3.49. The van der Waals surface area contributed by atoms with E-state index in [0.29, 0.717) is 24.6 Å². The fourth-order valence-electron chi connectivity index (χ4n) is 2.33. The van der Waals surface area contributed by atoms with Crippen LogP contribution in [0.4, 0.5) is 0 Å². The van der Waals surface area contributed by atoms with Crippen molar-refractivity contribution in [3.8, 4) is 0 Å². The molecule has 1 aliphatic rings. The van der Waals surface area contributed by atoms with Crippen LogP contribution in [-0.2, 0) is 10.0 Å². The highest BCUT2D eigenvalue weighted by Crippen LogP contribution is 2.21. The molecule has 0 aliphatic carbocycles. The largest absolute Gasteiger partial charge is 0.349 e. The summed E-state index contributed by atoms with van der Waals surface area (Å²) in [6.07, 6.45) is 1.79. The molecule has 1 N–H and O–H groups in total. The third-order valence-corrected chi connectivity index (χ3v) is 6.05. The Morgan fingerprint density at radius 1 is 1.18 bits per heavy atom. The Bertz CT molecular complexity index is 635. The lowest BCUT2D eigenvalue weighted by Gasteiger charge is -2.18. The van der Waals surface area contributed by atoms with E-state index in [1.807, 2.05) is 20.8 Å². The SMILES string of the molecule is CC(C)C(C)NC(=O)c1cccc(S(=O)(=O)N2CCCC2)c1. The first kappa shape index (κ1) is 17.0. The Morgan fingerprint density at radius 3 is 2.41 bits per heavy atom. The van der Waals surface area contributed by atoms with E-state index in [0.717, 1.165) is 12.8 Å². The number of benzene rings is 1. The van der Waals surface area contributed by atoms with Crippen molar-refractivity contribution in [3.05, 3.63) is 29.8 Å². The van der Waals surface area contributed by atoms with Crippen LogP contribution in [0, 0.1) is 5.92 Å². The number of hydrogen-bond donors (Lipinski definition) is 1. The van der Waals surface area contributed by atoms with Gasteiger partial charge in [0.2, 0.25) is 10.0 Å². The molecule has 1 unspecified atom stereocenters. The molecule has 1 aromatic rings. The summed E-state index contributed by atoms with van der Waals surface area (Å²) in [5, 5.41) is 2.90. The number of amides is 1. The van der Waals surface area contributed by atoms with Crippen LogP contribution in [-0.4, -0.2) is 37.8 Å². The first-order chi connectivity index (χ1) is 10.3. The molecule has 5 nitrogen and oxygen atoms in total. The summed E-state index contributed by atoms with van der Waals surface area (Å²) >= 11 is 0. The number of carbonyl (C=O) groups is 1. The third-order valence-electron chi connectivity index (χ3n) is 4.16. The van der Waals surface area contributed by atoms with Crippen molar-refractivity contribution in [2.24, 2.45) is 5.92 Å². The van der Waals surface area contributed by atoms with Crippen LogP contribution in [0.15, 0.2) is 29.2 Å². The van der Waals surface area contributed by atoms with Crippen LogP contribution < -0.4 is 5.32 Å². The van der Waals surface area contributed by atoms with Gasteiger partial charge in [0.05, 0.1) is 4.90 Å². The van der Waals surface area contributed by atoms with Gasteiger partial charge in [-0.2, -0.15) is 4.31 Å². The van der Waals surface area contributed by atoms with Gasteiger partial charge in [-0.1, -0.05) is 19.9 Å². The van der Waals surface area contributed by atoms with Gasteiger partial charge in [0, 0.05) is 24.7 Å². The summed E-state index contributed by atoms with van der Waals surface area (Å²) < 4.78 is 26.6. The highest BCUT2D eigenvalue weighted by atomic mass is 32.2. The predicted molar refractivity (Wildman–Crippen MR) is 86.2 cm³/mol. The zero-order chi connectivity index (χ0) is 16.3. The minimum atomic E-state index is -3.49. The maximum Gasteiger partial charge on any atom is 0.251 e. The van der Waals surface area contributed by atoms with E-state index in [1.54, 1.807) is 18.2 Å². The molecule has 1 saturated heterocycles. The quantitative estimate of drug-likeness (QED) is 0.903. The molecule has 1 heterocycles. The molecule has 0 spiro atoms. The van der Waals surface area contributed by atoms with Crippen LogP contribution in [0.2, 0.25) is 0 Å². The van der Waals surface area contributed by atoms with Gasteiger partial charge in [-0.15, -0.1) is 0 Å². The van der Waals surface area contributed by atoms with Gasteiger partial charge in [-0.05, 0) is 43.9 Å². The maximum absolute atomic E-state index is 12.5. The average Bonchev–Trinajstić information content (AvgIpc) is 3.02. The summed E-state index contributed by atoms with van der Waals surface area (Å²) in [6, 6.07) is 6.32. The summed E-state index contributed by atoms with van der Waals surface area (Å²) in [4.78, 5) is 12.4. The van der Waals surface area contributed by atoms with E-state index in [2.05, 4.69) is 5.32 Å². The smallest absolute Gasteiger partial charge is 0.251 e. The Labute approximate surface area is 132 Å². The number of sulfonamides is 1. The average molecular weight is 324 g/mol. The first-order valence-electron chi connectivity index (χ1n) is 7.73. The number of rotatable bonds is 5. The second-order valence-corrected chi connectivity index (χ2v) is 8.08. The summed E-state index contributed by atoms with van der Waals surface area (Å²) in [6.45, 7) is 7.11. The van der Waals surface area contributed by atoms with E-state index < -0.39 is 10.0 Å². The van der Waals surface area contributed by atoms with Gasteiger partial charge in [0.1, 0.15) is 0 Å². The number of nitrogens with zero attached hydrogens (tertiary/aromatic N) is 1. The molecule has 1 fully saturated rings. The molecule has 0 aromatic heterocycles. The van der Waals surface area contributed by atoms with Crippen LogP contribution in [0.1, 0.15) is 44.0 Å². The zero-order valence-corrected chi connectivity index (χ0v) is 14.2. The minimum Gasteiger partial charge on any atom is -0.349 e. The van der Waals surface area contributed by atoms with Gasteiger partial charge in [0.15, 0.2) is 0 Å². The highest BCUT2D eigenvalue weighted by molar-refractivity contribution is 7.89. The Kier molecular flexibility index (Phi) is 5.24. The fourth-order valence-corrected chi connectivity index (χ4v) is 3.90. The molecule has 0 saturated carbocycles. The molecule has 2 rings (SSSR count). The van der Waals surface area contributed by atoms with Gasteiger partial charge >= 0.3 is 0 Å². The van der Waals surface area contributed by atoms with Crippen LogP contribution >= 0.6 is 0 Å². The molecule has 1 atom stereocenters. The van der Waals surface area contributed by atoms with Crippen molar-refractivity contribution in [1.82, 2.24) is 9.62 Å². The van der Waals surface area contributed by atoms with E-state index in [4.69, 9.17) is 0 Å². The monoisotopic (exact) mass is 324 g/mol. The van der Waals surface area contributed by atoms with Gasteiger partial charge in [0.25, 0.3) is 5.91 Å². The number of hydrogen-bond acceptors (Lipinski definition) is 3. The molecule has 1 aromatic carbocycles. The van der Waals surface area contributed by atoms with E-state index in [-0.39, 0.29) is 16.8 Å². The molecule has 122 valence electrons. The fraction of sp³-hybridized carbons (Fsp3) is 0.562. The van der Waals surface area contributed by atoms with Crippen molar-refractivity contribution < 1.29 is 13.2 Å². The van der Waals surface area contributed by atoms with Crippen molar-refractivity contribution in [1.29, 1.82) is 0 Å². The van der Waals surface area contributed by atoms with Crippen LogP contribution in [0.5, 0.6) is 0 Å². The van der Waals surface area contributed by atoms with Gasteiger partial charge in [-0.25, -0.2) is 8.42 Å². The topological polar surface area (TPSA) is 66.5 Å². The normalized spacial score (nSPS) is 17.6. The van der Waals surface area contributed by atoms with Crippen molar-refractivity contribution in [3.63, 3.8) is 0 Å². The van der Waals surface area contributed by atoms with Gasteiger partial charge in [-0.3, -0.25) is 4.79 Å². The predicted octanol–water partition coefficient (Wildman–Crippen LogP) is 2.25. The van der Waals surface area contributed by atoms with Crippen molar-refractivity contribution in [2.45, 2.75) is 44.6 Å². The molecule has 0 bridgehead atoms. The molecule has 1 amide bonds. The van der Waals surface area contributed by atoms with Gasteiger partial charge < -0.3 is 5.32 Å². The number of carbonyl (C=O) groups excluding carboxylic acids is 1. The summed E-state index contributed by atoms with van der Waals surface area (Å²) in [5.41, 5.74) is 0.382. The molecular weight excluding hydrogens is 300 g/mol. The first-order valence-corrected chi connectivity index (χ1v) is 9.17. The standard InChI is InChI=1S/C16H24N2O3S/c1-12(2)13(3)17-16(19)14-7-6-8-15(11-14)22(20,21)18-9-4-5-10-18/h6-8,11-13H,4-5,9-10H2,1-3H3,(H,17,19). The molecule has 0 radical (unpaired) electrons. The van der Waals surface area contributed by atoms with E-state index in [9.17, 15) is 13.2 Å². The van der Waals surface area contributed by atoms with E-state index in [1.165, 1.54) is 10.4 Å². The van der Waals surface area contributed by atoms with E-state index >= 15 is 0 Å². The Morgan fingerprint density at radius 2 is 1.82 bits per heavy atom. The number of nitrogens with one attached hydrogen (secondary N) is 1. The summed E-state index contributed by atoms with van der Waals surface area (Å²) in [5.74, 6) is 0.0835. The Balaban J connectivity index is 2.21. The highest BCUT2D eigenvalue weighted by Gasteiger charge is 2.27. The minimum absolute atomic E-state index is 0.0337. The second kappa shape index (κ2) is 6.79.